The molecule has 0 radical (unpaired) electrons. The lowest BCUT2D eigenvalue weighted by atomic mass is 10.2. The molecule has 2 aromatic heterocycles. The van der Waals surface area contributed by atoms with Crippen molar-refractivity contribution in [2.45, 2.75) is 13.3 Å². The van der Waals surface area contributed by atoms with Crippen molar-refractivity contribution in [1.29, 1.82) is 0 Å². The minimum Gasteiger partial charge on any atom is -0.469 e. The number of furan rings is 1. The van der Waals surface area contributed by atoms with Crippen LogP contribution < -0.4 is 4.90 Å². The molecule has 0 saturated heterocycles. The summed E-state index contributed by atoms with van der Waals surface area (Å²) in [7, 11) is 1.39. The Balaban J connectivity index is 2.03. The Bertz CT molecular complexity index is 813. The summed E-state index contributed by atoms with van der Waals surface area (Å²) >= 11 is 0. The molecule has 0 aliphatic carbocycles. The second-order valence-electron chi connectivity index (χ2n) is 4.88. The molecule has 3 rings (SSSR count). The molecule has 0 bridgehead atoms. The molecule has 1 aromatic carbocycles. The van der Waals surface area contributed by atoms with Crippen LogP contribution in [-0.2, 0) is 9.53 Å². The van der Waals surface area contributed by atoms with Gasteiger partial charge in [-0.3, -0.25) is 4.79 Å². The molecule has 0 spiro atoms. The molecule has 0 aliphatic rings. The third-order valence-electron chi connectivity index (χ3n) is 3.63. The number of anilines is 1. The largest absolute Gasteiger partial charge is 0.469 e. The lowest BCUT2D eigenvalue weighted by Gasteiger charge is -2.20. The maximum absolute atomic E-state index is 11.4. The fourth-order valence-electron chi connectivity index (χ4n) is 2.48. The van der Waals surface area contributed by atoms with Crippen LogP contribution in [0.4, 0.5) is 5.82 Å². The summed E-state index contributed by atoms with van der Waals surface area (Å²) in [5.41, 5.74) is 2.22. The number of methoxy groups -OCH3 is 1. The first-order valence-corrected chi connectivity index (χ1v) is 7.18. The number of para-hydroxylation sites is 1. The molecule has 0 atom stereocenters. The number of hydrogen-bond acceptors (Lipinski definition) is 6. The number of carbonyl (C=O) groups excluding carboxylic acids is 1. The summed E-state index contributed by atoms with van der Waals surface area (Å²) in [4.78, 5) is 22.0. The Kier molecular flexibility index (Phi) is 3.91. The van der Waals surface area contributed by atoms with E-state index in [9.17, 15) is 4.79 Å². The van der Waals surface area contributed by atoms with E-state index in [0.29, 0.717) is 30.9 Å². The number of carbonyl (C=O) groups is 1. The smallest absolute Gasteiger partial charge is 0.307 e. The highest BCUT2D eigenvalue weighted by Crippen LogP contribution is 2.31. The second-order valence-corrected chi connectivity index (χ2v) is 4.88. The number of aromatic nitrogens is 2. The van der Waals surface area contributed by atoms with Crippen LogP contribution in [0.2, 0.25) is 0 Å². The highest BCUT2D eigenvalue weighted by molar-refractivity contribution is 6.05. The second kappa shape index (κ2) is 6.01. The number of fused-ring (bicyclic) bond motifs is 3. The van der Waals surface area contributed by atoms with E-state index in [1.807, 2.05) is 36.1 Å². The van der Waals surface area contributed by atoms with Gasteiger partial charge < -0.3 is 14.1 Å². The summed E-state index contributed by atoms with van der Waals surface area (Å²) in [6, 6.07) is 7.76. The molecule has 22 heavy (non-hydrogen) atoms. The van der Waals surface area contributed by atoms with Gasteiger partial charge in [0.1, 0.15) is 17.4 Å². The predicted molar refractivity (Wildman–Crippen MR) is 83.8 cm³/mol. The van der Waals surface area contributed by atoms with Crippen LogP contribution in [0.5, 0.6) is 0 Å². The Morgan fingerprint density at radius 1 is 1.32 bits per heavy atom. The summed E-state index contributed by atoms with van der Waals surface area (Å²) in [5.74, 6) is 0.459. The summed E-state index contributed by atoms with van der Waals surface area (Å²) < 4.78 is 10.6. The van der Waals surface area contributed by atoms with E-state index in [-0.39, 0.29) is 5.97 Å². The lowest BCUT2D eigenvalue weighted by molar-refractivity contribution is -0.140. The fraction of sp³-hybridized carbons (Fsp3) is 0.312. The van der Waals surface area contributed by atoms with E-state index < -0.39 is 0 Å². The molecular formula is C16H17N3O3. The average Bonchev–Trinajstić information content (AvgIpc) is 2.94. The van der Waals surface area contributed by atoms with Crippen LogP contribution >= 0.6 is 0 Å². The number of rotatable bonds is 5. The van der Waals surface area contributed by atoms with Crippen LogP contribution in [0.15, 0.2) is 35.0 Å². The van der Waals surface area contributed by atoms with Gasteiger partial charge in [0.25, 0.3) is 0 Å². The summed E-state index contributed by atoms with van der Waals surface area (Å²) in [6.45, 7) is 3.24. The molecular weight excluding hydrogens is 282 g/mol. The molecule has 6 nitrogen and oxygen atoms in total. The third kappa shape index (κ3) is 2.47. The number of benzene rings is 1. The van der Waals surface area contributed by atoms with Crippen LogP contribution in [-0.4, -0.2) is 36.1 Å². The molecule has 2 heterocycles. The van der Waals surface area contributed by atoms with Gasteiger partial charge in [-0.2, -0.15) is 0 Å². The predicted octanol–water partition coefficient (Wildman–Crippen LogP) is 2.77. The van der Waals surface area contributed by atoms with Gasteiger partial charge in [0, 0.05) is 18.5 Å². The van der Waals surface area contributed by atoms with Gasteiger partial charge in [-0.25, -0.2) is 9.97 Å². The SMILES string of the molecule is CCN(CCC(=O)OC)c1ncnc2c1oc1ccccc12. The lowest BCUT2D eigenvalue weighted by Crippen LogP contribution is -2.27. The van der Waals surface area contributed by atoms with Crippen molar-refractivity contribution in [3.8, 4) is 0 Å². The highest BCUT2D eigenvalue weighted by atomic mass is 16.5. The number of hydrogen-bond donors (Lipinski definition) is 0. The van der Waals surface area contributed by atoms with Crippen molar-refractivity contribution in [3.63, 3.8) is 0 Å². The molecule has 0 aliphatic heterocycles. The first kappa shape index (κ1) is 14.3. The molecule has 0 fully saturated rings. The van der Waals surface area contributed by atoms with Crippen LogP contribution in [0.25, 0.3) is 22.1 Å². The van der Waals surface area contributed by atoms with Gasteiger partial charge in [0.2, 0.25) is 0 Å². The van der Waals surface area contributed by atoms with Crippen molar-refractivity contribution in [2.24, 2.45) is 0 Å². The van der Waals surface area contributed by atoms with Gasteiger partial charge in [-0.1, -0.05) is 12.1 Å². The van der Waals surface area contributed by atoms with E-state index in [2.05, 4.69) is 9.97 Å². The fourth-order valence-corrected chi connectivity index (χ4v) is 2.48. The highest BCUT2D eigenvalue weighted by Gasteiger charge is 2.17. The van der Waals surface area contributed by atoms with Crippen molar-refractivity contribution < 1.29 is 13.9 Å². The van der Waals surface area contributed by atoms with Gasteiger partial charge in [0.15, 0.2) is 11.4 Å². The van der Waals surface area contributed by atoms with Crippen molar-refractivity contribution in [1.82, 2.24) is 9.97 Å². The maximum atomic E-state index is 11.4. The topological polar surface area (TPSA) is 68.5 Å². The van der Waals surface area contributed by atoms with Crippen LogP contribution in [0, 0.1) is 0 Å². The number of esters is 1. The minimum absolute atomic E-state index is 0.242. The van der Waals surface area contributed by atoms with Gasteiger partial charge in [-0.15, -0.1) is 0 Å². The molecule has 114 valence electrons. The van der Waals surface area contributed by atoms with E-state index in [1.165, 1.54) is 13.4 Å². The summed E-state index contributed by atoms with van der Waals surface area (Å²) in [6.07, 6.45) is 1.83. The Morgan fingerprint density at radius 3 is 2.91 bits per heavy atom. The van der Waals surface area contributed by atoms with Crippen molar-refractivity contribution >= 4 is 33.9 Å². The molecule has 3 aromatic rings. The first-order valence-electron chi connectivity index (χ1n) is 7.18. The third-order valence-corrected chi connectivity index (χ3v) is 3.63. The zero-order valence-corrected chi connectivity index (χ0v) is 12.6. The van der Waals surface area contributed by atoms with Crippen molar-refractivity contribution in [2.75, 3.05) is 25.1 Å². The Morgan fingerprint density at radius 2 is 2.14 bits per heavy atom. The summed E-state index contributed by atoms with van der Waals surface area (Å²) in [5, 5.41) is 0.963. The van der Waals surface area contributed by atoms with E-state index >= 15 is 0 Å². The number of nitrogens with zero attached hydrogens (tertiary/aromatic N) is 3. The normalized spacial score (nSPS) is 11.0. The van der Waals surface area contributed by atoms with Gasteiger partial charge in [0.05, 0.1) is 13.5 Å². The average molecular weight is 299 g/mol. The zero-order chi connectivity index (χ0) is 15.5. The zero-order valence-electron chi connectivity index (χ0n) is 12.6. The minimum atomic E-state index is -0.242. The first-order chi connectivity index (χ1) is 10.7. The van der Waals surface area contributed by atoms with E-state index in [4.69, 9.17) is 9.15 Å². The van der Waals surface area contributed by atoms with Gasteiger partial charge >= 0.3 is 5.97 Å². The van der Waals surface area contributed by atoms with Crippen LogP contribution in [0.1, 0.15) is 13.3 Å². The van der Waals surface area contributed by atoms with Crippen molar-refractivity contribution in [3.05, 3.63) is 30.6 Å². The standard InChI is InChI=1S/C16H17N3O3/c1-3-19(9-8-13(20)21-2)16-15-14(17-10-18-16)11-6-4-5-7-12(11)22-15/h4-7,10H,3,8-9H2,1-2H3. The van der Waals surface area contributed by atoms with Crippen LogP contribution in [0.3, 0.4) is 0 Å². The maximum Gasteiger partial charge on any atom is 0.307 e. The number of ether oxygens (including phenoxy) is 1. The Labute approximate surface area is 127 Å². The molecule has 0 saturated carbocycles. The molecule has 0 N–H and O–H groups in total. The van der Waals surface area contributed by atoms with E-state index in [0.717, 1.165) is 16.5 Å². The monoisotopic (exact) mass is 299 g/mol. The molecule has 0 amide bonds. The quantitative estimate of drug-likeness (QED) is 0.675. The van der Waals surface area contributed by atoms with E-state index in [1.54, 1.807) is 0 Å². The molecule has 0 unspecified atom stereocenters. The molecule has 6 heteroatoms. The van der Waals surface area contributed by atoms with Gasteiger partial charge in [-0.05, 0) is 19.1 Å². The Hall–Kier alpha value is -2.63.